The third-order valence-corrected chi connectivity index (χ3v) is 3.12. The van der Waals surface area contributed by atoms with Crippen LogP contribution in [0.2, 0.25) is 0 Å². The van der Waals surface area contributed by atoms with Gasteiger partial charge in [-0.05, 0) is 49.6 Å². The Balaban J connectivity index is 2.29. The first-order chi connectivity index (χ1) is 8.48. The fraction of sp³-hybridized carbons (Fsp3) is 0.286. The smallest absolute Gasteiger partial charge is 0.205 e. The Morgan fingerprint density at radius 3 is 2.83 bits per heavy atom. The molecule has 0 atom stereocenters. The van der Waals surface area contributed by atoms with E-state index in [4.69, 9.17) is 9.47 Å². The first-order valence-electron chi connectivity index (χ1n) is 5.62. The highest BCUT2D eigenvalue weighted by Gasteiger charge is 2.27. The molecule has 2 nitrogen and oxygen atoms in total. The lowest BCUT2D eigenvalue weighted by Gasteiger charge is -2.33. The van der Waals surface area contributed by atoms with E-state index in [2.05, 4.69) is 37.9 Å². The quantitative estimate of drug-likeness (QED) is 0.681. The van der Waals surface area contributed by atoms with Gasteiger partial charge in [-0.25, -0.2) is 0 Å². The SMILES string of the molecule is CC1(C)OCc2c(/C=C/C=C(Br)Br)cccc2O1. The van der Waals surface area contributed by atoms with Gasteiger partial charge in [-0.2, -0.15) is 0 Å². The van der Waals surface area contributed by atoms with Crippen molar-refractivity contribution in [3.8, 4) is 5.75 Å². The second kappa shape index (κ2) is 5.59. The average molecular weight is 374 g/mol. The predicted molar refractivity (Wildman–Crippen MR) is 80.9 cm³/mol. The van der Waals surface area contributed by atoms with Gasteiger partial charge >= 0.3 is 0 Å². The number of halogens is 2. The van der Waals surface area contributed by atoms with Crippen LogP contribution in [0.15, 0.2) is 33.7 Å². The van der Waals surface area contributed by atoms with Gasteiger partial charge in [0, 0.05) is 19.4 Å². The number of allylic oxidation sites excluding steroid dienone is 2. The van der Waals surface area contributed by atoms with Crippen LogP contribution in [-0.2, 0) is 11.3 Å². The van der Waals surface area contributed by atoms with Gasteiger partial charge in [-0.15, -0.1) is 0 Å². The third kappa shape index (κ3) is 3.46. The standard InChI is InChI=1S/C14H14Br2O2/c1-14(2)17-9-11-10(6-4-8-13(15)16)5-3-7-12(11)18-14/h3-8H,9H2,1-2H3/b6-4+. The van der Waals surface area contributed by atoms with Crippen molar-refractivity contribution in [1.29, 1.82) is 0 Å². The molecule has 0 N–H and O–H groups in total. The van der Waals surface area contributed by atoms with Gasteiger partial charge in [0.15, 0.2) is 0 Å². The molecule has 0 aliphatic carbocycles. The van der Waals surface area contributed by atoms with Crippen molar-refractivity contribution in [2.75, 3.05) is 0 Å². The summed E-state index contributed by atoms with van der Waals surface area (Å²) in [6.07, 6.45) is 5.93. The molecule has 0 aromatic heterocycles. The van der Waals surface area contributed by atoms with E-state index in [0.717, 1.165) is 20.3 Å². The fourth-order valence-electron chi connectivity index (χ4n) is 1.75. The molecule has 1 aromatic carbocycles. The molecule has 1 aromatic rings. The molecule has 18 heavy (non-hydrogen) atoms. The molecule has 0 radical (unpaired) electrons. The number of ether oxygens (including phenoxy) is 2. The highest BCUT2D eigenvalue weighted by molar-refractivity contribution is 9.28. The maximum absolute atomic E-state index is 5.80. The minimum Gasteiger partial charge on any atom is -0.463 e. The monoisotopic (exact) mass is 372 g/mol. The molecule has 1 aliphatic heterocycles. The van der Waals surface area contributed by atoms with Gasteiger partial charge in [-0.1, -0.05) is 24.3 Å². The van der Waals surface area contributed by atoms with E-state index in [1.165, 1.54) is 0 Å². The Bertz CT molecular complexity index is 501. The summed E-state index contributed by atoms with van der Waals surface area (Å²) in [4.78, 5) is 0. The van der Waals surface area contributed by atoms with Crippen LogP contribution in [0.25, 0.3) is 6.08 Å². The number of rotatable bonds is 2. The van der Waals surface area contributed by atoms with E-state index in [9.17, 15) is 0 Å². The molecular formula is C14H14Br2O2. The molecule has 0 unspecified atom stereocenters. The highest BCUT2D eigenvalue weighted by atomic mass is 79.9. The zero-order chi connectivity index (χ0) is 13.2. The van der Waals surface area contributed by atoms with E-state index in [-0.39, 0.29) is 0 Å². The van der Waals surface area contributed by atoms with E-state index >= 15 is 0 Å². The molecule has 0 bridgehead atoms. The van der Waals surface area contributed by atoms with Crippen molar-refractivity contribution in [3.63, 3.8) is 0 Å². The Kier molecular flexibility index (Phi) is 4.30. The second-order valence-electron chi connectivity index (χ2n) is 4.43. The van der Waals surface area contributed by atoms with Gasteiger partial charge in [0.2, 0.25) is 5.79 Å². The topological polar surface area (TPSA) is 18.5 Å². The van der Waals surface area contributed by atoms with E-state index in [1.54, 1.807) is 0 Å². The highest BCUT2D eigenvalue weighted by Crippen LogP contribution is 2.33. The van der Waals surface area contributed by atoms with Gasteiger partial charge in [0.25, 0.3) is 0 Å². The summed E-state index contributed by atoms with van der Waals surface area (Å²) in [7, 11) is 0. The molecule has 0 saturated carbocycles. The molecule has 1 aliphatic rings. The van der Waals surface area contributed by atoms with Gasteiger partial charge in [0.1, 0.15) is 5.75 Å². The molecule has 96 valence electrons. The van der Waals surface area contributed by atoms with Crippen molar-refractivity contribution < 1.29 is 9.47 Å². The summed E-state index contributed by atoms with van der Waals surface area (Å²) < 4.78 is 12.4. The van der Waals surface area contributed by atoms with Crippen LogP contribution in [-0.4, -0.2) is 5.79 Å². The van der Waals surface area contributed by atoms with Crippen LogP contribution in [0.4, 0.5) is 0 Å². The summed E-state index contributed by atoms with van der Waals surface area (Å²) >= 11 is 6.63. The first-order valence-corrected chi connectivity index (χ1v) is 7.21. The zero-order valence-corrected chi connectivity index (χ0v) is 13.4. The van der Waals surface area contributed by atoms with Crippen molar-refractivity contribution in [3.05, 3.63) is 44.9 Å². The van der Waals surface area contributed by atoms with Crippen LogP contribution in [0.1, 0.15) is 25.0 Å². The van der Waals surface area contributed by atoms with Crippen molar-refractivity contribution in [2.24, 2.45) is 0 Å². The van der Waals surface area contributed by atoms with Gasteiger partial charge < -0.3 is 9.47 Å². The summed E-state index contributed by atoms with van der Waals surface area (Å²) in [6, 6.07) is 6.02. The normalized spacial score (nSPS) is 17.1. The van der Waals surface area contributed by atoms with Crippen molar-refractivity contribution in [2.45, 2.75) is 26.2 Å². The number of fused-ring (bicyclic) bond motifs is 1. The van der Waals surface area contributed by atoms with Crippen LogP contribution in [0.5, 0.6) is 5.75 Å². The fourth-order valence-corrected chi connectivity index (χ4v) is 2.06. The molecule has 0 amide bonds. The lowest BCUT2D eigenvalue weighted by Crippen LogP contribution is -2.35. The average Bonchev–Trinajstić information content (AvgIpc) is 2.27. The molecular weight excluding hydrogens is 360 g/mol. The summed E-state index contributed by atoms with van der Waals surface area (Å²) in [5.41, 5.74) is 2.20. The van der Waals surface area contributed by atoms with Crippen LogP contribution >= 0.6 is 31.9 Å². The van der Waals surface area contributed by atoms with E-state index in [1.807, 2.05) is 44.2 Å². The largest absolute Gasteiger partial charge is 0.463 e. The summed E-state index contributed by atoms with van der Waals surface area (Å²) in [6.45, 7) is 4.41. The molecule has 4 heteroatoms. The van der Waals surface area contributed by atoms with Crippen molar-refractivity contribution >= 4 is 37.9 Å². The van der Waals surface area contributed by atoms with Crippen LogP contribution < -0.4 is 4.74 Å². The number of hydrogen-bond donors (Lipinski definition) is 0. The molecule has 0 spiro atoms. The zero-order valence-electron chi connectivity index (χ0n) is 10.2. The van der Waals surface area contributed by atoms with Crippen molar-refractivity contribution in [1.82, 2.24) is 0 Å². The second-order valence-corrected chi connectivity index (χ2v) is 7.20. The molecule has 0 saturated heterocycles. The lowest BCUT2D eigenvalue weighted by atomic mass is 10.1. The van der Waals surface area contributed by atoms with Crippen LogP contribution in [0.3, 0.4) is 0 Å². The summed E-state index contributed by atoms with van der Waals surface area (Å²) in [5.74, 6) is 0.351. The maximum atomic E-state index is 5.80. The summed E-state index contributed by atoms with van der Waals surface area (Å²) in [5, 5.41) is 0. The minimum absolute atomic E-state index is 0.547. The first kappa shape index (κ1) is 13.8. The minimum atomic E-state index is -0.547. The molecule has 2 rings (SSSR count). The number of hydrogen-bond acceptors (Lipinski definition) is 2. The lowest BCUT2D eigenvalue weighted by molar-refractivity contribution is -0.180. The maximum Gasteiger partial charge on any atom is 0.205 e. The van der Waals surface area contributed by atoms with E-state index in [0.29, 0.717) is 6.61 Å². The Hall–Kier alpha value is -0.580. The Morgan fingerprint density at radius 2 is 2.11 bits per heavy atom. The predicted octanol–water partition coefficient (Wildman–Crippen LogP) is 4.98. The molecule has 1 heterocycles. The molecule has 0 fully saturated rings. The van der Waals surface area contributed by atoms with E-state index < -0.39 is 5.79 Å². The van der Waals surface area contributed by atoms with Crippen LogP contribution in [0, 0.1) is 0 Å². The Morgan fingerprint density at radius 1 is 1.33 bits per heavy atom. The van der Waals surface area contributed by atoms with Gasteiger partial charge in [-0.3, -0.25) is 0 Å². The third-order valence-electron chi connectivity index (χ3n) is 2.59. The Labute approximate surface area is 124 Å². The number of benzene rings is 1. The van der Waals surface area contributed by atoms with Gasteiger partial charge in [0.05, 0.1) is 10.00 Å².